The molecule has 1 N–H and O–H groups in total. The Balaban J connectivity index is 1.85. The molecule has 0 saturated carbocycles. The molecule has 0 radical (unpaired) electrons. The molecule has 0 spiro atoms. The fourth-order valence-corrected chi connectivity index (χ4v) is 5.23. The second-order valence-corrected chi connectivity index (χ2v) is 10.5. The van der Waals surface area contributed by atoms with E-state index < -0.39 is 22.5 Å². The van der Waals surface area contributed by atoms with Crippen LogP contribution < -0.4 is 14.9 Å². The zero-order valence-corrected chi connectivity index (χ0v) is 22.3. The average Bonchev–Trinajstić information content (AvgIpc) is 2.85. The van der Waals surface area contributed by atoms with Crippen molar-refractivity contribution in [3.05, 3.63) is 86.9 Å². The third kappa shape index (κ3) is 6.68. The number of carbonyl (C=O) groups excluding carboxylic acids is 1. The highest BCUT2D eigenvalue weighted by molar-refractivity contribution is 7.89. The normalized spacial score (nSPS) is 11.6. The fourth-order valence-electron chi connectivity index (χ4n) is 3.22. The van der Waals surface area contributed by atoms with Gasteiger partial charge in [-0.3, -0.25) is 4.79 Å². The van der Waals surface area contributed by atoms with Crippen molar-refractivity contribution in [2.24, 2.45) is 5.10 Å². The Morgan fingerprint density at radius 3 is 2.22 bits per heavy atom. The number of amides is 1. The van der Waals surface area contributed by atoms with Gasteiger partial charge in [0.25, 0.3) is 5.91 Å². The van der Waals surface area contributed by atoms with Crippen molar-refractivity contribution in [1.29, 1.82) is 0 Å². The number of ether oxygens (including phenoxy) is 2. The van der Waals surface area contributed by atoms with E-state index >= 15 is 0 Å². The van der Waals surface area contributed by atoms with Crippen LogP contribution in [0.2, 0.25) is 15.1 Å². The summed E-state index contributed by atoms with van der Waals surface area (Å²) in [5.74, 6) is 0.233. The van der Waals surface area contributed by atoms with Gasteiger partial charge in [-0.2, -0.15) is 9.41 Å². The summed E-state index contributed by atoms with van der Waals surface area (Å²) in [6.45, 7) is -0.802. The van der Waals surface area contributed by atoms with Crippen molar-refractivity contribution in [2.45, 2.75) is 11.4 Å². The topological polar surface area (TPSA) is 97.3 Å². The molecule has 0 fully saturated rings. The predicted molar refractivity (Wildman–Crippen MR) is 141 cm³/mol. The highest BCUT2D eigenvalue weighted by Gasteiger charge is 2.28. The number of rotatable bonds is 10. The van der Waals surface area contributed by atoms with Crippen LogP contribution >= 0.6 is 34.8 Å². The van der Waals surface area contributed by atoms with E-state index in [9.17, 15) is 13.2 Å². The first-order valence-corrected chi connectivity index (χ1v) is 13.0. The average molecular weight is 571 g/mol. The number of carbonyl (C=O) groups is 1. The number of halogens is 3. The number of benzene rings is 3. The zero-order valence-electron chi connectivity index (χ0n) is 19.2. The molecule has 0 unspecified atom stereocenters. The lowest BCUT2D eigenvalue weighted by Gasteiger charge is -2.22. The number of para-hydroxylation sites is 1. The second-order valence-electron chi connectivity index (χ2n) is 7.30. The fraction of sp³-hybridized carbons (Fsp3) is 0.167. The van der Waals surface area contributed by atoms with Crippen LogP contribution in [0.1, 0.15) is 11.1 Å². The summed E-state index contributed by atoms with van der Waals surface area (Å²) in [6, 6.07) is 15.6. The smallest absolute Gasteiger partial charge is 0.255 e. The van der Waals surface area contributed by atoms with Gasteiger partial charge >= 0.3 is 0 Å². The third-order valence-corrected chi connectivity index (χ3v) is 7.76. The van der Waals surface area contributed by atoms with Crippen molar-refractivity contribution in [1.82, 2.24) is 9.73 Å². The standard InChI is InChI=1S/C24H22Cl3N3O5S/c1-34-22-8-3-5-16(24(22)35-2)13-28-29-23(31)15-30(14-19-20(26)6-4-7-21(19)27)36(32,33)18-11-9-17(25)10-12-18/h3-13H,14-15H2,1-2H3,(H,29,31)/b28-13-. The molecule has 0 aliphatic carbocycles. The Bertz CT molecular complexity index is 1350. The van der Waals surface area contributed by atoms with Gasteiger partial charge < -0.3 is 9.47 Å². The van der Waals surface area contributed by atoms with Crippen LogP contribution in [0, 0.1) is 0 Å². The van der Waals surface area contributed by atoms with E-state index in [0.29, 0.717) is 27.6 Å². The minimum Gasteiger partial charge on any atom is -0.493 e. The molecule has 0 saturated heterocycles. The van der Waals surface area contributed by atoms with Crippen molar-refractivity contribution in [3.63, 3.8) is 0 Å². The summed E-state index contributed by atoms with van der Waals surface area (Å²) in [6.07, 6.45) is 1.36. The van der Waals surface area contributed by atoms with Crippen LogP contribution in [0.25, 0.3) is 0 Å². The van der Waals surface area contributed by atoms with Crippen molar-refractivity contribution < 1.29 is 22.7 Å². The number of hydrogen-bond acceptors (Lipinski definition) is 6. The number of hydrazone groups is 1. The number of hydrogen-bond donors (Lipinski definition) is 1. The third-order valence-electron chi connectivity index (χ3n) is 4.99. The van der Waals surface area contributed by atoms with E-state index in [-0.39, 0.29) is 21.5 Å². The Kier molecular flexibility index (Phi) is 9.58. The molecule has 0 aromatic heterocycles. The Labute approximate surface area is 224 Å². The molecular formula is C24H22Cl3N3O5S. The largest absolute Gasteiger partial charge is 0.493 e. The summed E-state index contributed by atoms with van der Waals surface area (Å²) in [7, 11) is -1.15. The van der Waals surface area contributed by atoms with Gasteiger partial charge in [0.05, 0.1) is 31.9 Å². The predicted octanol–water partition coefficient (Wildman–Crippen LogP) is 5.01. The van der Waals surface area contributed by atoms with Crippen LogP contribution in [0.15, 0.2) is 70.7 Å². The Hall–Kier alpha value is -2.82. The maximum atomic E-state index is 13.4. The molecule has 12 heteroatoms. The summed E-state index contributed by atoms with van der Waals surface area (Å²) in [5.41, 5.74) is 3.24. The quantitative estimate of drug-likeness (QED) is 0.273. The van der Waals surface area contributed by atoms with Gasteiger partial charge in [0.2, 0.25) is 10.0 Å². The minimum absolute atomic E-state index is 0.0486. The van der Waals surface area contributed by atoms with Crippen LogP contribution in [-0.4, -0.2) is 45.6 Å². The number of nitrogens with one attached hydrogen (secondary N) is 1. The molecule has 8 nitrogen and oxygen atoms in total. The number of nitrogens with zero attached hydrogens (tertiary/aromatic N) is 2. The summed E-state index contributed by atoms with van der Waals surface area (Å²) >= 11 is 18.4. The molecule has 3 rings (SSSR count). The lowest BCUT2D eigenvalue weighted by atomic mass is 10.2. The van der Waals surface area contributed by atoms with Crippen LogP contribution in [-0.2, 0) is 21.4 Å². The lowest BCUT2D eigenvalue weighted by Crippen LogP contribution is -2.39. The first-order chi connectivity index (χ1) is 17.2. The highest BCUT2D eigenvalue weighted by Crippen LogP contribution is 2.30. The molecule has 0 bridgehead atoms. The number of sulfonamides is 1. The molecule has 3 aromatic carbocycles. The van der Waals surface area contributed by atoms with Crippen molar-refractivity contribution in [2.75, 3.05) is 20.8 Å². The molecule has 0 heterocycles. The molecule has 36 heavy (non-hydrogen) atoms. The van der Waals surface area contributed by atoms with Crippen molar-refractivity contribution in [3.8, 4) is 11.5 Å². The Morgan fingerprint density at radius 1 is 0.972 bits per heavy atom. The van der Waals surface area contributed by atoms with Gasteiger partial charge in [0.1, 0.15) is 0 Å². The minimum atomic E-state index is -4.13. The maximum Gasteiger partial charge on any atom is 0.255 e. The van der Waals surface area contributed by atoms with E-state index in [2.05, 4.69) is 10.5 Å². The van der Waals surface area contributed by atoms with E-state index in [4.69, 9.17) is 44.3 Å². The van der Waals surface area contributed by atoms with Crippen LogP contribution in [0.5, 0.6) is 11.5 Å². The summed E-state index contributed by atoms with van der Waals surface area (Å²) < 4.78 is 38.3. The zero-order chi connectivity index (χ0) is 26.3. The van der Waals surface area contributed by atoms with E-state index in [1.165, 1.54) is 44.7 Å². The number of methoxy groups -OCH3 is 2. The van der Waals surface area contributed by atoms with Gasteiger partial charge in [-0.25, -0.2) is 13.8 Å². The monoisotopic (exact) mass is 569 g/mol. The molecule has 1 amide bonds. The second kappa shape index (κ2) is 12.4. The summed E-state index contributed by atoms with van der Waals surface area (Å²) in [4.78, 5) is 12.7. The molecule has 3 aromatic rings. The van der Waals surface area contributed by atoms with Gasteiger partial charge in [0.15, 0.2) is 11.5 Å². The molecule has 190 valence electrons. The molecular weight excluding hydrogens is 549 g/mol. The van der Waals surface area contributed by atoms with E-state index in [1.54, 1.807) is 36.4 Å². The van der Waals surface area contributed by atoms with E-state index in [1.807, 2.05) is 0 Å². The van der Waals surface area contributed by atoms with Gasteiger partial charge in [-0.1, -0.05) is 46.9 Å². The lowest BCUT2D eigenvalue weighted by molar-refractivity contribution is -0.121. The maximum absolute atomic E-state index is 13.4. The van der Waals surface area contributed by atoms with Crippen LogP contribution in [0.4, 0.5) is 0 Å². The van der Waals surface area contributed by atoms with Gasteiger partial charge in [-0.15, -0.1) is 0 Å². The molecule has 0 aliphatic rings. The van der Waals surface area contributed by atoms with Crippen molar-refractivity contribution >= 4 is 56.9 Å². The van der Waals surface area contributed by atoms with Crippen LogP contribution in [0.3, 0.4) is 0 Å². The van der Waals surface area contributed by atoms with Gasteiger partial charge in [-0.05, 0) is 48.5 Å². The highest BCUT2D eigenvalue weighted by atomic mass is 35.5. The van der Waals surface area contributed by atoms with E-state index in [0.717, 1.165) is 4.31 Å². The summed E-state index contributed by atoms with van der Waals surface area (Å²) in [5, 5.41) is 4.84. The first kappa shape index (κ1) is 27.8. The Morgan fingerprint density at radius 2 is 1.61 bits per heavy atom. The molecule has 0 aliphatic heterocycles. The van der Waals surface area contributed by atoms with Gasteiger partial charge in [0, 0.05) is 32.7 Å². The first-order valence-electron chi connectivity index (χ1n) is 10.4. The molecule has 0 atom stereocenters. The SMILES string of the molecule is COc1cccc(/C=N\NC(=O)CN(Cc2c(Cl)cccc2Cl)S(=O)(=O)c2ccc(Cl)cc2)c1OC.